The van der Waals surface area contributed by atoms with Crippen LogP contribution in [0.2, 0.25) is 5.02 Å². The maximum atomic E-state index is 12.4. The highest BCUT2D eigenvalue weighted by Gasteiger charge is 2.15. The lowest BCUT2D eigenvalue weighted by molar-refractivity contribution is 0.229. The Balaban J connectivity index is 2.82. The van der Waals surface area contributed by atoms with Gasteiger partial charge < -0.3 is 15.7 Å². The molecule has 0 aliphatic rings. The Morgan fingerprint density at radius 3 is 2.79 bits per heavy atom. The lowest BCUT2D eigenvalue weighted by Crippen LogP contribution is -2.38. The second kappa shape index (κ2) is 7.52. The second-order valence-electron chi connectivity index (χ2n) is 3.68. The number of benzene rings is 1. The zero-order chi connectivity index (χ0) is 14.4. The summed E-state index contributed by atoms with van der Waals surface area (Å²) < 4.78 is 24.9. The van der Waals surface area contributed by atoms with Gasteiger partial charge in [-0.05, 0) is 19.1 Å². The normalized spacial score (nSPS) is 12.3. The Morgan fingerprint density at radius 1 is 1.53 bits per heavy atom. The maximum absolute atomic E-state index is 12.4. The van der Waals surface area contributed by atoms with Crippen LogP contribution >= 0.6 is 23.4 Å². The highest BCUT2D eigenvalue weighted by Crippen LogP contribution is 2.37. The minimum absolute atomic E-state index is 0.103. The van der Waals surface area contributed by atoms with Crippen LogP contribution in [0.3, 0.4) is 0 Å². The van der Waals surface area contributed by atoms with E-state index in [1.165, 1.54) is 12.1 Å². The number of thioether (sulfide) groups is 1. The molecule has 8 heteroatoms. The molecule has 106 valence electrons. The molecule has 0 aliphatic heterocycles. The van der Waals surface area contributed by atoms with Gasteiger partial charge in [0.1, 0.15) is 0 Å². The molecule has 1 unspecified atom stereocenters. The van der Waals surface area contributed by atoms with Gasteiger partial charge in [0.2, 0.25) is 0 Å². The van der Waals surface area contributed by atoms with Crippen LogP contribution < -0.4 is 10.6 Å². The molecule has 19 heavy (non-hydrogen) atoms. The molecule has 2 amide bonds. The highest BCUT2D eigenvalue weighted by molar-refractivity contribution is 7.99. The monoisotopic (exact) mass is 310 g/mol. The van der Waals surface area contributed by atoms with Crippen LogP contribution in [0.4, 0.5) is 19.3 Å². The molecule has 0 bridgehead atoms. The molecule has 3 N–H and O–H groups in total. The molecular formula is C11H13ClF2N2O2S. The fraction of sp³-hybridized carbons (Fsp3) is 0.364. The number of amides is 2. The van der Waals surface area contributed by atoms with Gasteiger partial charge in [0.05, 0.1) is 28.3 Å². The number of anilines is 1. The number of halogens is 3. The molecule has 1 atom stereocenters. The zero-order valence-electron chi connectivity index (χ0n) is 9.99. The minimum atomic E-state index is -2.64. The average molecular weight is 311 g/mol. The fourth-order valence-electron chi connectivity index (χ4n) is 1.24. The summed E-state index contributed by atoms with van der Waals surface area (Å²) in [6.45, 7) is 1.38. The summed E-state index contributed by atoms with van der Waals surface area (Å²) in [5.41, 5.74) is 0.195. The molecule has 0 aromatic heterocycles. The van der Waals surface area contributed by atoms with Crippen molar-refractivity contribution in [1.29, 1.82) is 0 Å². The van der Waals surface area contributed by atoms with Crippen LogP contribution in [0.5, 0.6) is 0 Å². The van der Waals surface area contributed by atoms with Gasteiger partial charge >= 0.3 is 6.03 Å². The van der Waals surface area contributed by atoms with Crippen LogP contribution in [0.1, 0.15) is 6.92 Å². The summed E-state index contributed by atoms with van der Waals surface area (Å²) in [5, 5.41) is 13.8. The molecular weight excluding hydrogens is 298 g/mol. The van der Waals surface area contributed by atoms with Crippen molar-refractivity contribution in [3.63, 3.8) is 0 Å². The van der Waals surface area contributed by atoms with Crippen molar-refractivity contribution in [2.75, 3.05) is 11.9 Å². The van der Waals surface area contributed by atoms with Crippen molar-refractivity contribution in [3.05, 3.63) is 23.2 Å². The van der Waals surface area contributed by atoms with E-state index in [-0.39, 0.29) is 34.0 Å². The summed E-state index contributed by atoms with van der Waals surface area (Å²) in [7, 11) is 0. The van der Waals surface area contributed by atoms with E-state index in [9.17, 15) is 13.6 Å². The quantitative estimate of drug-likeness (QED) is 0.732. The van der Waals surface area contributed by atoms with E-state index in [0.717, 1.165) is 0 Å². The third-order valence-electron chi connectivity index (χ3n) is 2.07. The van der Waals surface area contributed by atoms with Gasteiger partial charge in [-0.3, -0.25) is 0 Å². The van der Waals surface area contributed by atoms with Gasteiger partial charge in [-0.25, -0.2) is 4.79 Å². The van der Waals surface area contributed by atoms with E-state index in [4.69, 9.17) is 16.7 Å². The van der Waals surface area contributed by atoms with Crippen LogP contribution in [0, 0.1) is 0 Å². The first-order chi connectivity index (χ1) is 8.93. The van der Waals surface area contributed by atoms with Crippen molar-refractivity contribution in [2.24, 2.45) is 0 Å². The Bertz CT molecular complexity index is 449. The Labute approximate surface area is 118 Å². The van der Waals surface area contributed by atoms with Crippen LogP contribution in [-0.4, -0.2) is 29.5 Å². The van der Waals surface area contributed by atoms with Gasteiger partial charge in [-0.2, -0.15) is 8.78 Å². The van der Waals surface area contributed by atoms with Crippen LogP contribution in [0.15, 0.2) is 23.1 Å². The molecule has 0 spiro atoms. The van der Waals surface area contributed by atoms with Gasteiger partial charge in [0.15, 0.2) is 0 Å². The Kier molecular flexibility index (Phi) is 6.33. The number of alkyl halides is 2. The number of hydrogen-bond donors (Lipinski definition) is 3. The van der Waals surface area contributed by atoms with Gasteiger partial charge in [0, 0.05) is 0 Å². The number of aliphatic hydroxyl groups is 1. The minimum Gasteiger partial charge on any atom is -0.394 e. The molecule has 1 aromatic carbocycles. The van der Waals surface area contributed by atoms with E-state index < -0.39 is 17.8 Å². The van der Waals surface area contributed by atoms with Gasteiger partial charge in [0.25, 0.3) is 5.76 Å². The van der Waals surface area contributed by atoms with Gasteiger partial charge in [-0.15, -0.1) is 0 Å². The van der Waals surface area contributed by atoms with Crippen molar-refractivity contribution in [3.8, 4) is 0 Å². The van der Waals surface area contributed by atoms with E-state index in [2.05, 4.69) is 10.6 Å². The lowest BCUT2D eigenvalue weighted by atomic mass is 10.3. The zero-order valence-corrected chi connectivity index (χ0v) is 11.6. The van der Waals surface area contributed by atoms with Crippen molar-refractivity contribution < 1.29 is 18.7 Å². The number of nitrogens with one attached hydrogen (secondary N) is 2. The molecule has 0 radical (unpaired) electrons. The standard InChI is InChI=1S/C11H13ClF2N2O2S/c1-6(5-17)15-11(18)16-8-4-2-3-7(12)9(8)19-10(13)14/h2-4,6,10,17H,5H2,1H3,(H2,15,16,18). The molecule has 1 aromatic rings. The number of urea groups is 1. The summed E-state index contributed by atoms with van der Waals surface area (Å²) in [4.78, 5) is 11.7. The molecule has 0 fully saturated rings. The Morgan fingerprint density at radius 2 is 2.21 bits per heavy atom. The highest BCUT2D eigenvalue weighted by atomic mass is 35.5. The van der Waals surface area contributed by atoms with Crippen molar-refractivity contribution in [2.45, 2.75) is 23.6 Å². The van der Waals surface area contributed by atoms with Crippen LogP contribution in [-0.2, 0) is 0 Å². The predicted molar refractivity (Wildman–Crippen MR) is 72.0 cm³/mol. The third-order valence-corrected chi connectivity index (χ3v) is 3.35. The Hall–Kier alpha value is -1.05. The van der Waals surface area contributed by atoms with E-state index in [1.54, 1.807) is 13.0 Å². The first-order valence-electron chi connectivity index (χ1n) is 5.35. The topological polar surface area (TPSA) is 61.4 Å². The second-order valence-corrected chi connectivity index (χ2v) is 5.08. The smallest absolute Gasteiger partial charge is 0.319 e. The fourth-order valence-corrected chi connectivity index (χ4v) is 2.16. The van der Waals surface area contributed by atoms with E-state index in [0.29, 0.717) is 0 Å². The number of carbonyl (C=O) groups excluding carboxylic acids is 1. The molecule has 1 rings (SSSR count). The van der Waals surface area contributed by atoms with Crippen LogP contribution in [0.25, 0.3) is 0 Å². The summed E-state index contributed by atoms with van der Waals surface area (Å²) in [6.07, 6.45) is 0. The molecule has 4 nitrogen and oxygen atoms in total. The first-order valence-corrected chi connectivity index (χ1v) is 6.61. The number of carbonyl (C=O) groups is 1. The molecule has 0 saturated carbocycles. The SMILES string of the molecule is CC(CO)NC(=O)Nc1cccc(Cl)c1SC(F)F. The van der Waals surface area contributed by atoms with E-state index >= 15 is 0 Å². The molecule has 0 heterocycles. The average Bonchev–Trinajstić information content (AvgIpc) is 2.33. The number of rotatable bonds is 5. The maximum Gasteiger partial charge on any atom is 0.319 e. The summed E-state index contributed by atoms with van der Waals surface area (Å²) in [5.74, 6) is -2.64. The molecule has 0 saturated heterocycles. The number of aliphatic hydroxyl groups excluding tert-OH is 1. The van der Waals surface area contributed by atoms with E-state index in [1.807, 2.05) is 0 Å². The van der Waals surface area contributed by atoms with Gasteiger partial charge in [-0.1, -0.05) is 29.4 Å². The lowest BCUT2D eigenvalue weighted by Gasteiger charge is -2.15. The largest absolute Gasteiger partial charge is 0.394 e. The molecule has 0 aliphatic carbocycles. The predicted octanol–water partition coefficient (Wildman–Crippen LogP) is 3.16. The third kappa shape index (κ3) is 5.22. The van der Waals surface area contributed by atoms with Crippen molar-refractivity contribution in [1.82, 2.24) is 5.32 Å². The van der Waals surface area contributed by atoms with Crippen molar-refractivity contribution >= 4 is 35.1 Å². The summed E-state index contributed by atoms with van der Waals surface area (Å²) in [6, 6.07) is 3.44. The summed E-state index contributed by atoms with van der Waals surface area (Å²) >= 11 is 6.09. The first kappa shape index (κ1) is 16.0. The number of hydrogen-bond acceptors (Lipinski definition) is 3.